The van der Waals surface area contributed by atoms with E-state index in [4.69, 9.17) is 13.7 Å². The molecule has 0 aromatic carbocycles. The van der Waals surface area contributed by atoms with Crippen molar-refractivity contribution in [1.82, 2.24) is 9.46 Å². The van der Waals surface area contributed by atoms with Crippen molar-refractivity contribution in [2.24, 2.45) is 0 Å². The highest BCUT2D eigenvalue weighted by molar-refractivity contribution is 7.91. The van der Waals surface area contributed by atoms with Crippen LogP contribution in [0, 0.1) is 0 Å². The molecule has 0 aliphatic heterocycles. The summed E-state index contributed by atoms with van der Waals surface area (Å²) in [5.41, 5.74) is 0.392. The molecule has 8 nitrogen and oxygen atoms in total. The summed E-state index contributed by atoms with van der Waals surface area (Å²) in [7, 11) is -2.37. The first-order valence-corrected chi connectivity index (χ1v) is 9.44. The molecule has 3 aromatic rings. The first-order chi connectivity index (χ1) is 12.0. The number of aromatic nitrogens is 1. The number of ether oxygens (including phenoxy) is 1. The molecule has 3 aromatic heterocycles. The van der Waals surface area contributed by atoms with Crippen LogP contribution in [-0.4, -0.2) is 37.4 Å². The summed E-state index contributed by atoms with van der Waals surface area (Å²) in [6.45, 7) is -0.529. The van der Waals surface area contributed by atoms with E-state index < -0.39 is 22.5 Å². The van der Waals surface area contributed by atoms with Gasteiger partial charge in [-0.2, -0.15) is 4.31 Å². The van der Waals surface area contributed by atoms with E-state index in [1.807, 2.05) is 0 Å². The van der Waals surface area contributed by atoms with Crippen molar-refractivity contribution >= 4 is 27.3 Å². The summed E-state index contributed by atoms with van der Waals surface area (Å²) in [6.07, 6.45) is 1.50. The highest BCUT2D eigenvalue weighted by Crippen LogP contribution is 2.21. The number of thiophene rings is 1. The van der Waals surface area contributed by atoms with Crippen molar-refractivity contribution in [2.75, 3.05) is 13.6 Å². The molecule has 0 unspecified atom stereocenters. The molecule has 0 bridgehead atoms. The molecule has 0 fully saturated rings. The molecule has 0 saturated carbocycles. The Labute approximate surface area is 147 Å². The maximum absolute atomic E-state index is 12.2. The molecule has 0 N–H and O–H groups in total. The molecule has 0 atom stereocenters. The fraction of sp³-hybridized carbons (Fsp3) is 0.200. The van der Waals surface area contributed by atoms with Gasteiger partial charge in [-0.1, -0.05) is 11.2 Å². The molecule has 3 heterocycles. The lowest BCUT2D eigenvalue weighted by atomic mass is 10.3. The van der Waals surface area contributed by atoms with Crippen molar-refractivity contribution in [3.63, 3.8) is 0 Å². The summed E-state index contributed by atoms with van der Waals surface area (Å²) in [5.74, 6) is 0.227. The van der Waals surface area contributed by atoms with Crippen molar-refractivity contribution in [3.05, 3.63) is 47.7 Å². The van der Waals surface area contributed by atoms with E-state index in [0.717, 1.165) is 15.6 Å². The summed E-state index contributed by atoms with van der Waals surface area (Å²) in [6, 6.07) is 8.11. The van der Waals surface area contributed by atoms with Gasteiger partial charge in [-0.05, 0) is 23.6 Å². The molecule has 25 heavy (non-hydrogen) atoms. The second-order valence-electron chi connectivity index (χ2n) is 5.01. The van der Waals surface area contributed by atoms with Gasteiger partial charge in [0, 0.05) is 13.1 Å². The molecule has 10 heteroatoms. The number of furan rings is 1. The summed E-state index contributed by atoms with van der Waals surface area (Å²) in [4.78, 5) is 11.9. The minimum atomic E-state index is -3.69. The number of rotatable bonds is 7. The van der Waals surface area contributed by atoms with Crippen LogP contribution < -0.4 is 0 Å². The van der Waals surface area contributed by atoms with Gasteiger partial charge in [0.25, 0.3) is 10.0 Å². The molecular weight excluding hydrogens is 368 g/mol. The second kappa shape index (κ2) is 7.21. The molecular formula is C15H14N2O6S2. The van der Waals surface area contributed by atoms with E-state index in [0.29, 0.717) is 17.2 Å². The summed E-state index contributed by atoms with van der Waals surface area (Å²) >= 11 is 1.08. The van der Waals surface area contributed by atoms with E-state index in [-0.39, 0.29) is 10.8 Å². The largest absolute Gasteiger partial charge is 0.461 e. The van der Waals surface area contributed by atoms with Crippen molar-refractivity contribution < 1.29 is 26.9 Å². The molecule has 3 rings (SSSR count). The number of sulfonamides is 1. The van der Waals surface area contributed by atoms with E-state index in [1.54, 1.807) is 29.6 Å². The predicted octanol–water partition coefficient (Wildman–Crippen LogP) is 2.36. The zero-order chi connectivity index (χ0) is 17.9. The fourth-order valence-electron chi connectivity index (χ4n) is 1.95. The lowest BCUT2D eigenvalue weighted by Crippen LogP contribution is -2.32. The Hall–Kier alpha value is -2.43. The van der Waals surface area contributed by atoms with Gasteiger partial charge in [0.1, 0.15) is 23.1 Å². The van der Waals surface area contributed by atoms with Gasteiger partial charge < -0.3 is 13.7 Å². The minimum Gasteiger partial charge on any atom is -0.461 e. The molecule has 0 radical (unpaired) electrons. The Balaban J connectivity index is 1.55. The first-order valence-electron chi connectivity index (χ1n) is 7.12. The Morgan fingerprint density at radius 3 is 2.84 bits per heavy atom. The SMILES string of the molecule is CN(CC(=O)OCc1cc(-c2ccco2)on1)S(=O)(=O)c1cccs1. The molecule has 0 aliphatic rings. The zero-order valence-corrected chi connectivity index (χ0v) is 14.7. The predicted molar refractivity (Wildman–Crippen MR) is 88.1 cm³/mol. The minimum absolute atomic E-state index is 0.129. The third kappa shape index (κ3) is 3.98. The Kier molecular flexibility index (Phi) is 5.02. The van der Waals surface area contributed by atoms with Gasteiger partial charge in [-0.3, -0.25) is 4.79 Å². The van der Waals surface area contributed by atoms with Crippen LogP contribution in [0.2, 0.25) is 0 Å². The van der Waals surface area contributed by atoms with Crippen LogP contribution in [0.5, 0.6) is 0 Å². The first kappa shape index (κ1) is 17.4. The van der Waals surface area contributed by atoms with Gasteiger partial charge in [-0.15, -0.1) is 11.3 Å². The van der Waals surface area contributed by atoms with Gasteiger partial charge >= 0.3 is 5.97 Å². The Morgan fingerprint density at radius 1 is 1.32 bits per heavy atom. The Morgan fingerprint density at radius 2 is 2.16 bits per heavy atom. The normalized spacial score (nSPS) is 11.8. The standard InChI is InChI=1S/C15H14N2O6S2/c1-17(25(19,20)15-5-3-7-24-15)9-14(18)22-10-11-8-13(23-16-11)12-4-2-6-21-12/h2-8H,9-10H2,1H3. The quantitative estimate of drug-likeness (QED) is 0.578. The molecule has 0 amide bonds. The van der Waals surface area contributed by atoms with Crippen LogP contribution in [0.25, 0.3) is 11.5 Å². The van der Waals surface area contributed by atoms with Gasteiger partial charge in [0.15, 0.2) is 5.76 Å². The van der Waals surface area contributed by atoms with Crippen LogP contribution >= 0.6 is 11.3 Å². The zero-order valence-electron chi connectivity index (χ0n) is 13.1. The number of esters is 1. The number of hydrogen-bond acceptors (Lipinski definition) is 8. The third-order valence-electron chi connectivity index (χ3n) is 3.22. The number of carbonyl (C=O) groups excluding carboxylic acids is 1. The van der Waals surface area contributed by atoms with Crippen LogP contribution in [0.3, 0.4) is 0 Å². The average molecular weight is 382 g/mol. The topological polar surface area (TPSA) is 103 Å². The van der Waals surface area contributed by atoms with E-state index in [2.05, 4.69) is 5.16 Å². The highest BCUT2D eigenvalue weighted by Gasteiger charge is 2.24. The highest BCUT2D eigenvalue weighted by atomic mass is 32.2. The van der Waals surface area contributed by atoms with Gasteiger partial charge in [-0.25, -0.2) is 8.42 Å². The summed E-state index contributed by atoms with van der Waals surface area (Å²) in [5, 5.41) is 5.42. The fourth-order valence-corrected chi connectivity index (χ4v) is 4.26. The summed E-state index contributed by atoms with van der Waals surface area (Å²) < 4.78 is 40.9. The smallest absolute Gasteiger partial charge is 0.321 e. The lowest BCUT2D eigenvalue weighted by Gasteiger charge is -2.14. The van der Waals surface area contributed by atoms with Crippen molar-refractivity contribution in [3.8, 4) is 11.5 Å². The maximum Gasteiger partial charge on any atom is 0.321 e. The van der Waals surface area contributed by atoms with Gasteiger partial charge in [0.05, 0.1) is 6.26 Å². The second-order valence-corrected chi connectivity index (χ2v) is 8.23. The lowest BCUT2D eigenvalue weighted by molar-refractivity contribution is -0.145. The van der Waals surface area contributed by atoms with E-state index in [9.17, 15) is 13.2 Å². The third-order valence-corrected chi connectivity index (χ3v) is 6.39. The number of hydrogen-bond donors (Lipinski definition) is 0. The van der Waals surface area contributed by atoms with E-state index in [1.165, 1.54) is 19.4 Å². The number of carbonyl (C=O) groups is 1. The maximum atomic E-state index is 12.2. The number of nitrogens with zero attached hydrogens (tertiary/aromatic N) is 2. The molecule has 0 saturated heterocycles. The van der Waals surface area contributed by atoms with Crippen LogP contribution in [0.1, 0.15) is 5.69 Å². The molecule has 0 spiro atoms. The van der Waals surface area contributed by atoms with Crippen molar-refractivity contribution in [1.29, 1.82) is 0 Å². The van der Waals surface area contributed by atoms with E-state index >= 15 is 0 Å². The van der Waals surface area contributed by atoms with Crippen LogP contribution in [0.4, 0.5) is 0 Å². The number of likely N-dealkylation sites (N-methyl/N-ethyl adjacent to an activating group) is 1. The van der Waals surface area contributed by atoms with Crippen LogP contribution in [0.15, 0.2) is 55.1 Å². The molecule has 132 valence electrons. The monoisotopic (exact) mass is 382 g/mol. The van der Waals surface area contributed by atoms with Crippen molar-refractivity contribution in [2.45, 2.75) is 10.8 Å². The molecule has 0 aliphatic carbocycles. The van der Waals surface area contributed by atoms with Gasteiger partial charge in [0.2, 0.25) is 5.76 Å². The average Bonchev–Trinajstić information content (AvgIpc) is 3.34. The van der Waals surface area contributed by atoms with Crippen LogP contribution in [-0.2, 0) is 26.2 Å². The Bertz CT molecular complexity index is 929.